The van der Waals surface area contributed by atoms with Crippen LogP contribution in [0.1, 0.15) is 20.3 Å². The van der Waals surface area contributed by atoms with E-state index in [2.05, 4.69) is 12.2 Å². The molecule has 0 aliphatic heterocycles. The van der Waals surface area contributed by atoms with Crippen LogP contribution in [0.4, 0.5) is 0 Å². The minimum Gasteiger partial charge on any atom is -0.327 e. The van der Waals surface area contributed by atoms with Crippen molar-refractivity contribution >= 4 is 0 Å². The molecule has 10 heavy (non-hydrogen) atoms. The summed E-state index contributed by atoms with van der Waals surface area (Å²) in [5.41, 5.74) is 5.57. The van der Waals surface area contributed by atoms with Crippen LogP contribution in [0.15, 0.2) is 0 Å². The maximum Gasteiger partial charge on any atom is 0.0136 e. The lowest BCUT2D eigenvalue weighted by atomic mass is 10.3. The molecule has 0 heterocycles. The predicted octanol–water partition coefficient (Wildman–Crippen LogP) is 0.579. The zero-order valence-corrected chi connectivity index (χ0v) is 6.93. The van der Waals surface area contributed by atoms with E-state index in [1.54, 1.807) is 0 Å². The molecule has 0 radical (unpaired) electrons. The Morgan fingerprint density at radius 2 is 2.30 bits per heavy atom. The first-order valence-electron chi connectivity index (χ1n) is 4.16. The van der Waals surface area contributed by atoms with Crippen molar-refractivity contribution in [1.82, 2.24) is 5.32 Å². The molecule has 0 saturated heterocycles. The van der Waals surface area contributed by atoms with Crippen LogP contribution in [-0.2, 0) is 0 Å². The highest BCUT2D eigenvalue weighted by Gasteiger charge is 2.31. The molecule has 1 aliphatic rings. The van der Waals surface area contributed by atoms with Gasteiger partial charge in [-0.25, -0.2) is 0 Å². The first kappa shape index (κ1) is 8.02. The van der Waals surface area contributed by atoms with E-state index < -0.39 is 0 Å². The molecule has 2 unspecified atom stereocenters. The Hall–Kier alpha value is -0.0800. The Balaban J connectivity index is 1.87. The molecule has 0 aromatic heterocycles. The lowest BCUT2D eigenvalue weighted by Crippen LogP contribution is -2.32. The molecular formula is C8H18N2. The molecule has 0 aromatic carbocycles. The third-order valence-corrected chi connectivity index (χ3v) is 2.15. The second-order valence-corrected chi connectivity index (χ2v) is 3.61. The summed E-state index contributed by atoms with van der Waals surface area (Å²) in [6, 6.07) is 0.300. The predicted molar refractivity (Wildman–Crippen MR) is 43.8 cm³/mol. The molecule has 1 aliphatic carbocycles. The largest absolute Gasteiger partial charge is 0.327 e. The normalized spacial score (nSPS) is 33.9. The van der Waals surface area contributed by atoms with Crippen LogP contribution in [0.5, 0.6) is 0 Å². The van der Waals surface area contributed by atoms with Gasteiger partial charge in [0.15, 0.2) is 0 Å². The van der Waals surface area contributed by atoms with E-state index in [0.29, 0.717) is 6.04 Å². The van der Waals surface area contributed by atoms with Crippen molar-refractivity contribution < 1.29 is 0 Å². The Morgan fingerprint density at radius 3 is 2.70 bits per heavy atom. The van der Waals surface area contributed by atoms with Gasteiger partial charge in [0, 0.05) is 12.6 Å². The minimum atomic E-state index is 0.300. The fourth-order valence-corrected chi connectivity index (χ4v) is 1.18. The van der Waals surface area contributed by atoms with Gasteiger partial charge in [-0.2, -0.15) is 0 Å². The van der Waals surface area contributed by atoms with E-state index in [9.17, 15) is 0 Å². The van der Waals surface area contributed by atoms with Crippen LogP contribution < -0.4 is 11.1 Å². The van der Waals surface area contributed by atoms with Gasteiger partial charge in [-0.3, -0.25) is 0 Å². The maximum absolute atomic E-state index is 5.57. The number of rotatable bonds is 4. The van der Waals surface area contributed by atoms with Crippen LogP contribution in [0.2, 0.25) is 0 Å². The van der Waals surface area contributed by atoms with Gasteiger partial charge in [-0.1, -0.05) is 6.92 Å². The van der Waals surface area contributed by atoms with E-state index in [0.717, 1.165) is 18.4 Å². The lowest BCUT2D eigenvalue weighted by Gasteiger charge is -2.05. The molecule has 1 rings (SSSR count). The summed E-state index contributed by atoms with van der Waals surface area (Å²) in [6.07, 6.45) is 1.41. The molecule has 1 saturated carbocycles. The van der Waals surface area contributed by atoms with Crippen molar-refractivity contribution in [2.75, 3.05) is 13.1 Å². The minimum absolute atomic E-state index is 0.300. The fourth-order valence-electron chi connectivity index (χ4n) is 1.18. The smallest absolute Gasteiger partial charge is 0.0136 e. The van der Waals surface area contributed by atoms with Gasteiger partial charge in [-0.05, 0) is 31.7 Å². The lowest BCUT2D eigenvalue weighted by molar-refractivity contribution is 0.568. The molecular weight excluding hydrogens is 124 g/mol. The Kier molecular flexibility index (Phi) is 2.69. The van der Waals surface area contributed by atoms with Gasteiger partial charge >= 0.3 is 0 Å². The summed E-state index contributed by atoms with van der Waals surface area (Å²) >= 11 is 0. The summed E-state index contributed by atoms with van der Waals surface area (Å²) in [7, 11) is 0. The van der Waals surface area contributed by atoms with Crippen LogP contribution in [0.25, 0.3) is 0 Å². The van der Waals surface area contributed by atoms with Crippen LogP contribution in [0, 0.1) is 11.8 Å². The maximum atomic E-state index is 5.57. The van der Waals surface area contributed by atoms with E-state index in [-0.39, 0.29) is 0 Å². The van der Waals surface area contributed by atoms with Gasteiger partial charge < -0.3 is 11.1 Å². The second-order valence-electron chi connectivity index (χ2n) is 3.61. The van der Waals surface area contributed by atoms with Crippen molar-refractivity contribution in [3.63, 3.8) is 0 Å². The van der Waals surface area contributed by atoms with Crippen molar-refractivity contribution in [1.29, 1.82) is 0 Å². The first-order chi connectivity index (χ1) is 4.70. The van der Waals surface area contributed by atoms with E-state index in [4.69, 9.17) is 5.73 Å². The average Bonchev–Trinajstić information content (AvgIpc) is 2.46. The zero-order valence-electron chi connectivity index (χ0n) is 6.93. The second kappa shape index (κ2) is 3.35. The third kappa shape index (κ3) is 2.67. The Bertz CT molecular complexity index is 101. The molecule has 0 bridgehead atoms. The van der Waals surface area contributed by atoms with Gasteiger partial charge in [-0.15, -0.1) is 0 Å². The summed E-state index contributed by atoms with van der Waals surface area (Å²) < 4.78 is 0. The quantitative estimate of drug-likeness (QED) is 0.602. The number of hydrogen-bond acceptors (Lipinski definition) is 2. The van der Waals surface area contributed by atoms with E-state index >= 15 is 0 Å². The summed E-state index contributed by atoms with van der Waals surface area (Å²) in [5, 5.41) is 3.35. The molecule has 1 fully saturated rings. The molecule has 0 amide bonds. The highest BCUT2D eigenvalue weighted by atomic mass is 14.9. The molecule has 0 spiro atoms. The van der Waals surface area contributed by atoms with Gasteiger partial charge in [0.05, 0.1) is 0 Å². The van der Waals surface area contributed by atoms with Gasteiger partial charge in [0.2, 0.25) is 0 Å². The van der Waals surface area contributed by atoms with Crippen LogP contribution in [0.3, 0.4) is 0 Å². The zero-order chi connectivity index (χ0) is 7.56. The molecule has 3 atom stereocenters. The first-order valence-corrected chi connectivity index (χ1v) is 4.16. The monoisotopic (exact) mass is 142 g/mol. The molecule has 0 aromatic rings. The number of nitrogens with two attached hydrogens (primary N) is 1. The molecule has 2 heteroatoms. The highest BCUT2D eigenvalue weighted by Crippen LogP contribution is 2.36. The number of hydrogen-bond donors (Lipinski definition) is 2. The van der Waals surface area contributed by atoms with Crippen molar-refractivity contribution in [2.24, 2.45) is 17.6 Å². The van der Waals surface area contributed by atoms with Crippen molar-refractivity contribution in [3.8, 4) is 0 Å². The third-order valence-electron chi connectivity index (χ3n) is 2.15. The highest BCUT2D eigenvalue weighted by molar-refractivity contribution is 4.84. The molecule has 60 valence electrons. The van der Waals surface area contributed by atoms with Crippen LogP contribution >= 0.6 is 0 Å². The summed E-state index contributed by atoms with van der Waals surface area (Å²) in [4.78, 5) is 0. The van der Waals surface area contributed by atoms with E-state index in [1.165, 1.54) is 13.0 Å². The van der Waals surface area contributed by atoms with E-state index in [1.807, 2.05) is 6.92 Å². The summed E-state index contributed by atoms with van der Waals surface area (Å²) in [6.45, 7) is 6.47. The van der Waals surface area contributed by atoms with Crippen molar-refractivity contribution in [2.45, 2.75) is 26.3 Å². The van der Waals surface area contributed by atoms with Gasteiger partial charge in [0.1, 0.15) is 0 Å². The molecule has 2 nitrogen and oxygen atoms in total. The van der Waals surface area contributed by atoms with Crippen LogP contribution in [-0.4, -0.2) is 19.1 Å². The topological polar surface area (TPSA) is 38.0 Å². The standard InChI is InChI=1S/C8H18N2/c1-6-3-8(6)5-10-4-7(2)9/h6-8,10H,3-5,9H2,1-2H3/t6?,7-,8?/m1/s1. The summed E-state index contributed by atoms with van der Waals surface area (Å²) in [5.74, 6) is 1.90. The Morgan fingerprint density at radius 1 is 1.70 bits per heavy atom. The number of nitrogens with one attached hydrogen (secondary N) is 1. The Labute approximate surface area is 63.2 Å². The fraction of sp³-hybridized carbons (Fsp3) is 1.00. The average molecular weight is 142 g/mol. The van der Waals surface area contributed by atoms with Gasteiger partial charge in [0.25, 0.3) is 0 Å². The molecule has 3 N–H and O–H groups in total. The SMILES string of the molecule is CC1CC1CNC[C@@H](C)N. The van der Waals surface area contributed by atoms with Crippen molar-refractivity contribution in [3.05, 3.63) is 0 Å².